The fourth-order valence-corrected chi connectivity index (χ4v) is 2.28. The average molecular weight is 289 g/mol. The van der Waals surface area contributed by atoms with Crippen LogP contribution in [0.2, 0.25) is 0 Å². The van der Waals surface area contributed by atoms with Gasteiger partial charge in [0.1, 0.15) is 0 Å². The minimum atomic E-state index is -0.536. The zero-order chi connectivity index (χ0) is 15.7. The number of allylic oxidation sites excluding steroid dienone is 1. The molecule has 0 saturated heterocycles. The highest BCUT2D eigenvalue weighted by Crippen LogP contribution is 2.29. The van der Waals surface area contributed by atoms with Crippen LogP contribution in [0.25, 0.3) is 16.5 Å². The van der Waals surface area contributed by atoms with E-state index < -0.39 is 10.5 Å². The lowest BCUT2D eigenvalue weighted by atomic mass is 10.0. The van der Waals surface area contributed by atoms with Gasteiger partial charge in [-0.05, 0) is 19.1 Å². The number of pyridine rings is 1. The lowest BCUT2D eigenvalue weighted by molar-refractivity contribution is -0.383. The highest BCUT2D eigenvalue weighted by molar-refractivity contribution is 5.93. The smallest absolute Gasteiger partial charge is 0.278 e. The molecule has 0 radical (unpaired) electrons. The predicted molar refractivity (Wildman–Crippen MR) is 80.0 cm³/mol. The van der Waals surface area contributed by atoms with Crippen LogP contribution in [0.15, 0.2) is 34.9 Å². The van der Waals surface area contributed by atoms with E-state index in [-0.39, 0.29) is 16.5 Å². The first-order chi connectivity index (χ1) is 9.82. The largest absolute Gasteiger partial charge is 0.401 e. The second kappa shape index (κ2) is 5.25. The summed E-state index contributed by atoms with van der Waals surface area (Å²) in [5, 5.41) is 13.0. The molecule has 2 aromatic rings. The Morgan fingerprint density at radius 1 is 1.38 bits per heavy atom. The number of aromatic amines is 1. The maximum Gasteiger partial charge on any atom is 0.278 e. The molecule has 0 atom stereocenters. The van der Waals surface area contributed by atoms with Crippen LogP contribution in [-0.4, -0.2) is 22.0 Å². The molecule has 8 heteroatoms. The molecule has 1 heterocycles. The number of nitrogens with two attached hydrogens (primary N) is 2. The fraction of sp³-hybridized carbons (Fsp3) is 0.154. The molecule has 1 aromatic carbocycles. The first kappa shape index (κ1) is 14.5. The maximum atomic E-state index is 11.9. The maximum absolute atomic E-state index is 11.9. The van der Waals surface area contributed by atoms with Crippen molar-refractivity contribution < 1.29 is 4.92 Å². The molecule has 0 aliphatic heterocycles. The normalized spacial score (nSPS) is 12.1. The molecule has 0 aliphatic carbocycles. The molecular weight excluding hydrogens is 274 g/mol. The van der Waals surface area contributed by atoms with Crippen LogP contribution in [0, 0.1) is 10.1 Å². The zero-order valence-electron chi connectivity index (χ0n) is 11.6. The molecule has 0 bridgehead atoms. The number of nitrogens with one attached hydrogen (secondary N) is 1. The Balaban J connectivity index is 2.91. The van der Waals surface area contributed by atoms with Gasteiger partial charge in [-0.15, -0.1) is 0 Å². The summed E-state index contributed by atoms with van der Waals surface area (Å²) in [6.07, 6.45) is 1.37. The molecule has 0 fully saturated rings. The molecule has 0 amide bonds. The summed E-state index contributed by atoms with van der Waals surface area (Å²) < 4.78 is 0. The number of rotatable bonds is 3. The molecule has 0 spiro atoms. The number of non-ortho nitro benzene ring substituents is 1. The highest BCUT2D eigenvalue weighted by atomic mass is 16.6. The number of nitro groups is 1. The summed E-state index contributed by atoms with van der Waals surface area (Å²) in [5.41, 5.74) is 6.42. The Hall–Kier alpha value is -2.87. The van der Waals surface area contributed by atoms with Gasteiger partial charge in [0.2, 0.25) is 0 Å². The predicted octanol–water partition coefficient (Wildman–Crippen LogP) is 0.889. The zero-order valence-corrected chi connectivity index (χ0v) is 11.6. The summed E-state index contributed by atoms with van der Waals surface area (Å²) in [6.45, 7) is 1.63. The Labute approximate surface area is 119 Å². The van der Waals surface area contributed by atoms with E-state index in [2.05, 4.69) is 4.98 Å². The summed E-state index contributed by atoms with van der Waals surface area (Å²) >= 11 is 0. The standard InChI is InChI=1S/C13H15N5O3/c1-7(14)12(17(2)15)8-5-10-9(3-4-16-13(10)19)11(6-8)18(20)21/h3-6H,14-15H2,1-2H3,(H,16,19)/b12-7-. The fourth-order valence-electron chi connectivity index (χ4n) is 2.28. The van der Waals surface area contributed by atoms with Crippen LogP contribution in [-0.2, 0) is 0 Å². The van der Waals surface area contributed by atoms with E-state index in [1.807, 2.05) is 0 Å². The van der Waals surface area contributed by atoms with E-state index in [1.54, 1.807) is 14.0 Å². The summed E-state index contributed by atoms with van der Waals surface area (Å²) in [7, 11) is 1.57. The van der Waals surface area contributed by atoms with Gasteiger partial charge in [0, 0.05) is 30.6 Å². The number of nitrogens with zero attached hydrogens (tertiary/aromatic N) is 2. The third kappa shape index (κ3) is 2.56. The minimum Gasteiger partial charge on any atom is -0.401 e. The van der Waals surface area contributed by atoms with Crippen molar-refractivity contribution in [3.63, 3.8) is 0 Å². The van der Waals surface area contributed by atoms with Crippen LogP contribution < -0.4 is 17.1 Å². The molecule has 5 N–H and O–H groups in total. The monoisotopic (exact) mass is 289 g/mol. The van der Waals surface area contributed by atoms with Crippen LogP contribution >= 0.6 is 0 Å². The first-order valence-corrected chi connectivity index (χ1v) is 6.08. The summed E-state index contributed by atoms with van der Waals surface area (Å²) in [4.78, 5) is 25.1. The number of hydrazine groups is 1. The molecule has 8 nitrogen and oxygen atoms in total. The van der Waals surface area contributed by atoms with E-state index in [9.17, 15) is 14.9 Å². The second-order valence-electron chi connectivity index (χ2n) is 4.66. The molecule has 2 rings (SSSR count). The SMILES string of the molecule is C/C(N)=C(\c1cc([N+](=O)[O-])c2cc[nH]c(=O)c2c1)N(C)N. The Kier molecular flexibility index (Phi) is 3.64. The molecule has 110 valence electrons. The molecule has 0 saturated carbocycles. The van der Waals surface area contributed by atoms with Crippen molar-refractivity contribution in [3.8, 4) is 0 Å². The number of hydrogen-bond acceptors (Lipinski definition) is 6. The lowest BCUT2D eigenvalue weighted by Gasteiger charge is -2.19. The van der Waals surface area contributed by atoms with E-state index in [0.29, 0.717) is 17.0 Å². The van der Waals surface area contributed by atoms with Gasteiger partial charge in [0.05, 0.1) is 21.4 Å². The molecule has 0 aliphatic rings. The average Bonchev–Trinajstić information content (AvgIpc) is 2.38. The molecular formula is C13H15N5O3. The van der Waals surface area contributed by atoms with Gasteiger partial charge in [-0.1, -0.05) is 0 Å². The van der Waals surface area contributed by atoms with Crippen molar-refractivity contribution in [2.75, 3.05) is 7.05 Å². The van der Waals surface area contributed by atoms with Gasteiger partial charge in [-0.25, -0.2) is 5.84 Å². The Morgan fingerprint density at radius 2 is 2.05 bits per heavy atom. The second-order valence-corrected chi connectivity index (χ2v) is 4.66. The van der Waals surface area contributed by atoms with E-state index >= 15 is 0 Å². The first-order valence-electron chi connectivity index (χ1n) is 6.08. The van der Waals surface area contributed by atoms with Gasteiger partial charge in [0.15, 0.2) is 0 Å². The number of nitro benzene ring substituents is 1. The van der Waals surface area contributed by atoms with Crippen molar-refractivity contribution in [1.82, 2.24) is 9.99 Å². The molecule has 21 heavy (non-hydrogen) atoms. The quantitative estimate of drug-likeness (QED) is 0.437. The van der Waals surface area contributed by atoms with Crippen LogP contribution in [0.4, 0.5) is 5.69 Å². The van der Waals surface area contributed by atoms with E-state index in [1.165, 1.54) is 29.4 Å². The van der Waals surface area contributed by atoms with Crippen molar-refractivity contribution >= 4 is 22.2 Å². The van der Waals surface area contributed by atoms with Crippen LogP contribution in [0.5, 0.6) is 0 Å². The van der Waals surface area contributed by atoms with E-state index in [0.717, 1.165) is 0 Å². The number of benzene rings is 1. The van der Waals surface area contributed by atoms with Crippen LogP contribution in [0.1, 0.15) is 12.5 Å². The van der Waals surface area contributed by atoms with Gasteiger partial charge in [0.25, 0.3) is 11.2 Å². The number of hydrogen-bond donors (Lipinski definition) is 3. The number of aromatic nitrogens is 1. The summed E-state index contributed by atoms with van der Waals surface area (Å²) in [6, 6.07) is 4.39. The van der Waals surface area contributed by atoms with Crippen molar-refractivity contribution in [1.29, 1.82) is 0 Å². The van der Waals surface area contributed by atoms with Crippen molar-refractivity contribution in [2.24, 2.45) is 11.6 Å². The Bertz CT molecular complexity index is 803. The van der Waals surface area contributed by atoms with E-state index in [4.69, 9.17) is 11.6 Å². The molecule has 1 aromatic heterocycles. The van der Waals surface area contributed by atoms with Gasteiger partial charge in [-0.3, -0.25) is 14.9 Å². The van der Waals surface area contributed by atoms with Gasteiger partial charge < -0.3 is 15.7 Å². The third-order valence-electron chi connectivity index (χ3n) is 3.06. The van der Waals surface area contributed by atoms with Gasteiger partial charge >= 0.3 is 0 Å². The Morgan fingerprint density at radius 3 is 2.57 bits per heavy atom. The topological polar surface area (TPSA) is 131 Å². The number of H-pyrrole nitrogens is 1. The van der Waals surface area contributed by atoms with Crippen molar-refractivity contribution in [2.45, 2.75) is 6.92 Å². The van der Waals surface area contributed by atoms with Crippen LogP contribution in [0.3, 0.4) is 0 Å². The molecule has 0 unspecified atom stereocenters. The third-order valence-corrected chi connectivity index (χ3v) is 3.06. The van der Waals surface area contributed by atoms with Gasteiger partial charge in [-0.2, -0.15) is 0 Å². The summed E-state index contributed by atoms with van der Waals surface area (Å²) in [5.74, 6) is 5.72. The minimum absolute atomic E-state index is 0.172. The number of fused-ring (bicyclic) bond motifs is 1. The lowest BCUT2D eigenvalue weighted by Crippen LogP contribution is -2.26. The highest BCUT2D eigenvalue weighted by Gasteiger charge is 2.18. The van der Waals surface area contributed by atoms with Crippen molar-refractivity contribution in [3.05, 3.63) is 56.1 Å².